The van der Waals surface area contributed by atoms with E-state index < -0.39 is 12.7 Å². The molecule has 0 bridgehead atoms. The number of benzene rings is 1. The monoisotopic (exact) mass is 440 g/mol. The average molecular weight is 440 g/mol. The molecule has 2 aliphatic rings. The molecule has 2 saturated heterocycles. The maximum atomic E-state index is 12.4. The summed E-state index contributed by atoms with van der Waals surface area (Å²) in [5, 5.41) is 6.33. The molecule has 28 heavy (non-hydrogen) atoms. The van der Waals surface area contributed by atoms with Crippen LogP contribution in [0.1, 0.15) is 36.0 Å². The zero-order valence-corrected chi connectivity index (χ0v) is 19.6. The third kappa shape index (κ3) is 6.40. The molecule has 1 aromatic carbocycles. The van der Waals surface area contributed by atoms with Gasteiger partial charge in [0, 0.05) is 11.0 Å². The molecule has 0 aliphatic carbocycles. The minimum atomic E-state index is -5.51. The van der Waals surface area contributed by atoms with Gasteiger partial charge in [0.15, 0.2) is 0 Å². The van der Waals surface area contributed by atoms with E-state index in [2.05, 4.69) is 10.6 Å². The summed E-state index contributed by atoms with van der Waals surface area (Å²) < 4.78 is 42.8. The van der Waals surface area contributed by atoms with Crippen molar-refractivity contribution in [3.8, 4) is 5.75 Å². The largest absolute Gasteiger partial charge is 1.00 e. The zero-order chi connectivity index (χ0) is 19.4. The zero-order valence-electron chi connectivity index (χ0n) is 15.6. The van der Waals surface area contributed by atoms with Crippen molar-refractivity contribution >= 4 is 30.5 Å². The fourth-order valence-electron chi connectivity index (χ4n) is 3.36. The molecule has 0 radical (unpaired) electrons. The molecule has 5 nitrogen and oxygen atoms in total. The Balaban J connectivity index is 0.00000280. The molecular formula is C17H21BF3KN2O3S. The molecule has 2 fully saturated rings. The molecule has 0 saturated carbocycles. The van der Waals surface area contributed by atoms with Gasteiger partial charge in [0.1, 0.15) is 11.4 Å². The summed E-state index contributed by atoms with van der Waals surface area (Å²) in [6.45, 7) is -5.04. The number of ether oxygens (including phenoxy) is 1. The molecule has 0 unspecified atom stereocenters. The third-order valence-electron chi connectivity index (χ3n) is 4.78. The van der Waals surface area contributed by atoms with Gasteiger partial charge in [0.25, 0.3) is 0 Å². The molecule has 2 heterocycles. The Kier molecular flexibility index (Phi) is 9.21. The van der Waals surface area contributed by atoms with Gasteiger partial charge in [-0.15, -0.1) is 0 Å². The molecule has 0 spiro atoms. The van der Waals surface area contributed by atoms with Crippen molar-refractivity contribution < 1.29 is 78.7 Å². The number of unbranched alkanes of at least 4 members (excludes halogenated alkanes) is 2. The number of hydrogen-bond donors (Lipinski definition) is 2. The first kappa shape index (κ1) is 24.1. The van der Waals surface area contributed by atoms with Gasteiger partial charge >= 0.3 is 64.4 Å². The Hall–Kier alpha value is -0.199. The van der Waals surface area contributed by atoms with Gasteiger partial charge in [-0.05, 0) is 30.5 Å². The van der Waals surface area contributed by atoms with Crippen LogP contribution in [0.4, 0.5) is 17.7 Å². The molecule has 3 rings (SSSR count). The average Bonchev–Trinajstić information content (AvgIpc) is 3.16. The minimum Gasteiger partial charge on any atom is -0.494 e. The fraction of sp³-hybridized carbons (Fsp3) is 0.529. The predicted molar refractivity (Wildman–Crippen MR) is 99.3 cm³/mol. The van der Waals surface area contributed by atoms with Crippen molar-refractivity contribution in [1.29, 1.82) is 0 Å². The van der Waals surface area contributed by atoms with Crippen molar-refractivity contribution in [3.63, 3.8) is 0 Å². The quantitative estimate of drug-likeness (QED) is 0.331. The molecule has 11 heteroatoms. The van der Waals surface area contributed by atoms with E-state index in [9.17, 15) is 22.5 Å². The first-order valence-electron chi connectivity index (χ1n) is 9.00. The van der Waals surface area contributed by atoms with Crippen molar-refractivity contribution in [2.75, 3.05) is 12.4 Å². The van der Waals surface area contributed by atoms with E-state index in [1.54, 1.807) is 0 Å². The number of hydrogen-bond acceptors (Lipinski definition) is 4. The Bertz CT molecular complexity index is 693. The number of amides is 2. The van der Waals surface area contributed by atoms with Crippen LogP contribution >= 0.6 is 11.8 Å². The van der Waals surface area contributed by atoms with Crippen molar-refractivity contribution in [2.45, 2.75) is 43.0 Å². The Labute approximate surface area is 208 Å². The number of halogens is 3. The number of urea groups is 1. The summed E-state index contributed by atoms with van der Waals surface area (Å²) in [4.78, 5) is 22.5. The number of thioether (sulfide) groups is 1. The summed E-state index contributed by atoms with van der Waals surface area (Å²) in [5.41, 5.74) is -2.15. The molecule has 2 N–H and O–H groups in total. The molecule has 0 aromatic heterocycles. The number of rotatable bonds is 9. The van der Waals surface area contributed by atoms with Gasteiger partial charge in [-0.3, -0.25) is 0 Å². The second kappa shape index (κ2) is 10.7. The maximum Gasteiger partial charge on any atom is 1.00 e. The van der Waals surface area contributed by atoms with Crippen LogP contribution in [0.25, 0.3) is 0 Å². The van der Waals surface area contributed by atoms with Gasteiger partial charge < -0.3 is 33.1 Å². The van der Waals surface area contributed by atoms with Crippen LogP contribution in [0.2, 0.25) is 0 Å². The molecule has 3 atom stereocenters. The first-order chi connectivity index (χ1) is 12.8. The Morgan fingerprint density at radius 3 is 2.54 bits per heavy atom. The van der Waals surface area contributed by atoms with Gasteiger partial charge in [0.2, 0.25) is 0 Å². The van der Waals surface area contributed by atoms with E-state index in [1.807, 2.05) is 11.8 Å². The standard InChI is InChI=1S/C17H21BF3N2O3S.K/c19-18(20,21)16(24)11-5-7-12(8-6-11)26-9-3-1-2-4-14-15-13(10-27-14)22-17(25)23-15;/h5-8,13-15H,1-4,9-10H2,(H2,22,23,25);/q-1;+1/t13-,14-,15-;/m0./s1. The smallest absolute Gasteiger partial charge is 0.494 e. The molecule has 2 amide bonds. The van der Waals surface area contributed by atoms with Crippen molar-refractivity contribution in [1.82, 2.24) is 10.6 Å². The van der Waals surface area contributed by atoms with E-state index in [0.717, 1.165) is 43.6 Å². The predicted octanol–water partition coefficient (Wildman–Crippen LogP) is 0.365. The summed E-state index contributed by atoms with van der Waals surface area (Å²) >= 11 is 1.89. The molecule has 2 aliphatic heterocycles. The fourth-order valence-corrected chi connectivity index (χ4v) is 4.91. The topological polar surface area (TPSA) is 67.4 Å². The van der Waals surface area contributed by atoms with Crippen LogP contribution in [-0.4, -0.2) is 48.4 Å². The summed E-state index contributed by atoms with van der Waals surface area (Å²) in [6.07, 6.45) is 3.87. The molecule has 148 valence electrons. The third-order valence-corrected chi connectivity index (χ3v) is 6.28. The second-order valence-corrected chi connectivity index (χ2v) is 8.06. The molecule has 1 aromatic rings. The number of fused-ring (bicyclic) bond motifs is 1. The number of carbonyl (C=O) groups is 2. The number of nitrogens with one attached hydrogen (secondary N) is 2. The van der Waals surface area contributed by atoms with E-state index in [-0.39, 0.29) is 75.1 Å². The van der Waals surface area contributed by atoms with Crippen LogP contribution in [0.5, 0.6) is 5.75 Å². The summed E-state index contributed by atoms with van der Waals surface area (Å²) in [7, 11) is 0. The SMILES string of the molecule is O=C1N[C@H]2[C@H](CS[C@H]2CCCCCOc2ccc(C(=O)[B-](F)(F)F)cc2)N1.[K+]. The van der Waals surface area contributed by atoms with E-state index in [0.29, 0.717) is 17.6 Å². The van der Waals surface area contributed by atoms with Crippen LogP contribution in [-0.2, 0) is 0 Å². The normalized spacial score (nSPS) is 23.4. The van der Waals surface area contributed by atoms with Crippen LogP contribution in [0.3, 0.4) is 0 Å². The second-order valence-electron chi connectivity index (χ2n) is 6.78. The van der Waals surface area contributed by atoms with Crippen LogP contribution in [0, 0.1) is 0 Å². The molecular weight excluding hydrogens is 419 g/mol. The minimum absolute atomic E-state index is 0. The van der Waals surface area contributed by atoms with E-state index in [1.165, 1.54) is 12.1 Å². The van der Waals surface area contributed by atoms with E-state index >= 15 is 0 Å². The van der Waals surface area contributed by atoms with Gasteiger partial charge in [-0.25, -0.2) is 4.79 Å². The first-order valence-corrected chi connectivity index (χ1v) is 10.0. The summed E-state index contributed by atoms with van der Waals surface area (Å²) in [5.74, 6) is 1.40. The van der Waals surface area contributed by atoms with Gasteiger partial charge in [0.05, 0.1) is 18.7 Å². The Morgan fingerprint density at radius 2 is 1.86 bits per heavy atom. The van der Waals surface area contributed by atoms with Crippen molar-refractivity contribution in [3.05, 3.63) is 29.8 Å². The maximum absolute atomic E-state index is 12.4. The van der Waals surface area contributed by atoms with Crippen molar-refractivity contribution in [2.24, 2.45) is 0 Å². The summed E-state index contributed by atoms with van der Waals surface area (Å²) in [6, 6.07) is 5.45. The Morgan fingerprint density at radius 1 is 1.14 bits per heavy atom. The van der Waals surface area contributed by atoms with E-state index in [4.69, 9.17) is 4.74 Å². The van der Waals surface area contributed by atoms with Crippen LogP contribution < -0.4 is 66.8 Å². The number of carbonyl (C=O) groups excluding carboxylic acids is 2. The van der Waals surface area contributed by atoms with Gasteiger partial charge in [-0.2, -0.15) is 11.8 Å². The van der Waals surface area contributed by atoms with Crippen LogP contribution in [0.15, 0.2) is 24.3 Å². The van der Waals surface area contributed by atoms with Gasteiger partial charge in [-0.1, -0.05) is 25.0 Å².